The number of nitrogens with zero attached hydrogens (tertiary/aromatic N) is 1. The molecule has 1 fully saturated rings. The van der Waals surface area contributed by atoms with Crippen LogP contribution in [-0.2, 0) is 14.3 Å². The Bertz CT molecular complexity index is 641. The van der Waals surface area contributed by atoms with Gasteiger partial charge < -0.3 is 10.1 Å². The Morgan fingerprint density at radius 1 is 1.36 bits per heavy atom. The molecule has 0 spiro atoms. The van der Waals surface area contributed by atoms with Crippen molar-refractivity contribution in [3.05, 3.63) is 27.3 Å². The number of imide groups is 1. The third-order valence-corrected chi connectivity index (χ3v) is 5.13. The van der Waals surface area contributed by atoms with E-state index in [0.717, 1.165) is 28.0 Å². The number of rotatable bonds is 9. The van der Waals surface area contributed by atoms with Crippen molar-refractivity contribution >= 4 is 46.2 Å². The summed E-state index contributed by atoms with van der Waals surface area (Å²) in [5.74, 6) is -0.213. The van der Waals surface area contributed by atoms with E-state index in [-0.39, 0.29) is 12.5 Å². The molecule has 2 rings (SSSR count). The quantitative estimate of drug-likeness (QED) is 0.525. The van der Waals surface area contributed by atoms with Gasteiger partial charge >= 0.3 is 0 Å². The van der Waals surface area contributed by atoms with Crippen LogP contribution in [0.3, 0.4) is 0 Å². The van der Waals surface area contributed by atoms with E-state index in [1.165, 1.54) is 11.3 Å². The maximum atomic E-state index is 12.3. The van der Waals surface area contributed by atoms with Crippen LogP contribution < -0.4 is 5.32 Å². The second-order valence-corrected chi connectivity index (χ2v) is 7.90. The number of thioether (sulfide) groups is 1. The van der Waals surface area contributed by atoms with Crippen LogP contribution >= 0.6 is 23.1 Å². The van der Waals surface area contributed by atoms with E-state index < -0.39 is 11.1 Å². The lowest BCUT2D eigenvalue weighted by Gasteiger charge is -2.12. The molecule has 1 aromatic rings. The number of carbonyl (C=O) groups is 3. The standard InChI is InChI=1S/C17H22N2O4S2/c1-12(2)5-7-23-8-6-18-15(20)11-19-16(21)14(25-17(19)22)10-13-4-3-9-24-13/h3-4,9-10,12H,5-8,11H2,1-2H3,(H,18,20). The van der Waals surface area contributed by atoms with Gasteiger partial charge in [0.2, 0.25) is 5.91 Å². The molecule has 0 radical (unpaired) electrons. The normalized spacial score (nSPS) is 16.3. The lowest BCUT2D eigenvalue weighted by molar-refractivity contribution is -0.129. The van der Waals surface area contributed by atoms with Gasteiger partial charge in [-0.15, -0.1) is 11.3 Å². The fraction of sp³-hybridized carbons (Fsp3) is 0.471. The number of thiophene rings is 1. The maximum Gasteiger partial charge on any atom is 0.294 e. The summed E-state index contributed by atoms with van der Waals surface area (Å²) in [6, 6.07) is 3.74. The molecule has 1 aliphatic heterocycles. The molecule has 0 bridgehead atoms. The number of amides is 3. The molecule has 8 heteroatoms. The topological polar surface area (TPSA) is 75.7 Å². The van der Waals surface area contributed by atoms with Gasteiger partial charge in [-0.1, -0.05) is 19.9 Å². The average molecular weight is 383 g/mol. The first-order valence-electron chi connectivity index (χ1n) is 8.10. The van der Waals surface area contributed by atoms with E-state index in [4.69, 9.17) is 4.74 Å². The van der Waals surface area contributed by atoms with Crippen LogP contribution in [-0.4, -0.2) is 48.3 Å². The van der Waals surface area contributed by atoms with Crippen molar-refractivity contribution < 1.29 is 19.1 Å². The van der Waals surface area contributed by atoms with Gasteiger partial charge in [0.25, 0.3) is 11.1 Å². The Morgan fingerprint density at radius 3 is 2.84 bits per heavy atom. The predicted molar refractivity (Wildman–Crippen MR) is 100 cm³/mol. The lowest BCUT2D eigenvalue weighted by atomic mass is 10.1. The predicted octanol–water partition coefficient (Wildman–Crippen LogP) is 2.96. The molecule has 0 atom stereocenters. The SMILES string of the molecule is CC(C)CCOCCNC(=O)CN1C(=O)SC(=Cc2cccs2)C1=O. The van der Waals surface area contributed by atoms with Crippen molar-refractivity contribution in [2.24, 2.45) is 5.92 Å². The Labute approximate surface area is 155 Å². The van der Waals surface area contributed by atoms with E-state index in [0.29, 0.717) is 30.6 Å². The lowest BCUT2D eigenvalue weighted by Crippen LogP contribution is -2.40. The highest BCUT2D eigenvalue weighted by atomic mass is 32.2. The molecular formula is C17H22N2O4S2. The summed E-state index contributed by atoms with van der Waals surface area (Å²) >= 11 is 2.34. The van der Waals surface area contributed by atoms with Gasteiger partial charge in [-0.3, -0.25) is 19.3 Å². The van der Waals surface area contributed by atoms with E-state index in [2.05, 4.69) is 19.2 Å². The highest BCUT2D eigenvalue weighted by Crippen LogP contribution is 2.32. The minimum absolute atomic E-state index is 0.265. The van der Waals surface area contributed by atoms with Gasteiger partial charge in [-0.05, 0) is 41.6 Å². The van der Waals surface area contributed by atoms with Gasteiger partial charge in [-0.2, -0.15) is 0 Å². The van der Waals surface area contributed by atoms with E-state index in [9.17, 15) is 14.4 Å². The zero-order valence-electron chi connectivity index (χ0n) is 14.3. The van der Waals surface area contributed by atoms with Crippen LogP contribution in [0.15, 0.2) is 22.4 Å². The average Bonchev–Trinajstić information content (AvgIpc) is 3.15. The molecular weight excluding hydrogens is 360 g/mol. The fourth-order valence-electron chi connectivity index (χ4n) is 2.02. The Hall–Kier alpha value is -1.64. The highest BCUT2D eigenvalue weighted by molar-refractivity contribution is 8.18. The van der Waals surface area contributed by atoms with Crippen LogP contribution in [0.5, 0.6) is 0 Å². The third-order valence-electron chi connectivity index (χ3n) is 3.40. The highest BCUT2D eigenvalue weighted by Gasteiger charge is 2.36. The van der Waals surface area contributed by atoms with Crippen LogP contribution in [0.1, 0.15) is 25.1 Å². The molecule has 0 saturated carbocycles. The summed E-state index contributed by atoms with van der Waals surface area (Å²) in [6.45, 7) is 5.40. The van der Waals surface area contributed by atoms with Crippen LogP contribution in [0.4, 0.5) is 4.79 Å². The summed E-state index contributed by atoms with van der Waals surface area (Å²) in [7, 11) is 0. The molecule has 1 aliphatic rings. The summed E-state index contributed by atoms with van der Waals surface area (Å²) in [4.78, 5) is 38.4. The van der Waals surface area contributed by atoms with Crippen molar-refractivity contribution in [3.8, 4) is 0 Å². The molecule has 25 heavy (non-hydrogen) atoms. The van der Waals surface area contributed by atoms with E-state index in [1.54, 1.807) is 6.08 Å². The monoisotopic (exact) mass is 382 g/mol. The number of hydrogen-bond acceptors (Lipinski definition) is 6. The zero-order valence-corrected chi connectivity index (χ0v) is 16.0. The molecule has 0 aromatic carbocycles. The molecule has 1 N–H and O–H groups in total. The minimum Gasteiger partial charge on any atom is -0.380 e. The van der Waals surface area contributed by atoms with Crippen LogP contribution in [0.25, 0.3) is 6.08 Å². The fourth-order valence-corrected chi connectivity index (χ4v) is 3.58. The summed E-state index contributed by atoms with van der Waals surface area (Å²) in [5.41, 5.74) is 0. The Morgan fingerprint density at radius 2 is 2.16 bits per heavy atom. The Kier molecular flexibility index (Phi) is 7.67. The molecule has 2 heterocycles. The number of carbonyl (C=O) groups excluding carboxylic acids is 3. The molecule has 6 nitrogen and oxygen atoms in total. The molecule has 1 saturated heterocycles. The van der Waals surface area contributed by atoms with E-state index in [1.807, 2.05) is 17.5 Å². The van der Waals surface area contributed by atoms with Crippen molar-refractivity contribution in [1.29, 1.82) is 0 Å². The Balaban J connectivity index is 1.75. The summed E-state index contributed by atoms with van der Waals surface area (Å²) < 4.78 is 5.41. The first-order chi connectivity index (χ1) is 12.0. The maximum absolute atomic E-state index is 12.3. The molecule has 1 aromatic heterocycles. The van der Waals surface area contributed by atoms with E-state index >= 15 is 0 Å². The van der Waals surface area contributed by atoms with Crippen molar-refractivity contribution in [3.63, 3.8) is 0 Å². The molecule has 136 valence electrons. The number of nitrogens with one attached hydrogen (secondary N) is 1. The van der Waals surface area contributed by atoms with Gasteiger partial charge in [0.05, 0.1) is 11.5 Å². The van der Waals surface area contributed by atoms with Gasteiger partial charge in [0, 0.05) is 18.0 Å². The largest absolute Gasteiger partial charge is 0.380 e. The van der Waals surface area contributed by atoms with Gasteiger partial charge in [-0.25, -0.2) is 0 Å². The first-order valence-corrected chi connectivity index (χ1v) is 9.80. The van der Waals surface area contributed by atoms with Crippen molar-refractivity contribution in [2.45, 2.75) is 20.3 Å². The smallest absolute Gasteiger partial charge is 0.294 e. The third kappa shape index (κ3) is 6.30. The number of hydrogen-bond donors (Lipinski definition) is 1. The molecule has 0 unspecified atom stereocenters. The van der Waals surface area contributed by atoms with Crippen molar-refractivity contribution in [1.82, 2.24) is 10.2 Å². The van der Waals surface area contributed by atoms with Crippen LogP contribution in [0.2, 0.25) is 0 Å². The van der Waals surface area contributed by atoms with Gasteiger partial charge in [0.1, 0.15) is 6.54 Å². The second-order valence-electron chi connectivity index (χ2n) is 5.93. The second kappa shape index (κ2) is 9.74. The molecule has 0 aliphatic carbocycles. The van der Waals surface area contributed by atoms with Gasteiger partial charge in [0.15, 0.2) is 0 Å². The summed E-state index contributed by atoms with van der Waals surface area (Å²) in [6.07, 6.45) is 2.65. The summed E-state index contributed by atoms with van der Waals surface area (Å²) in [5, 5.41) is 4.14. The zero-order chi connectivity index (χ0) is 18.2. The number of ether oxygens (including phenoxy) is 1. The minimum atomic E-state index is -0.424. The van der Waals surface area contributed by atoms with Crippen LogP contribution in [0, 0.1) is 5.92 Å². The van der Waals surface area contributed by atoms with Crippen molar-refractivity contribution in [2.75, 3.05) is 26.3 Å². The molecule has 3 amide bonds. The first kappa shape index (κ1) is 19.7.